The van der Waals surface area contributed by atoms with Crippen molar-refractivity contribution in [2.45, 2.75) is 78.9 Å². The minimum Gasteiger partial charge on any atom is -0.449 e. The van der Waals surface area contributed by atoms with E-state index in [4.69, 9.17) is 4.74 Å². The van der Waals surface area contributed by atoms with Gasteiger partial charge in [-0.05, 0) is 60.8 Å². The molecule has 1 aromatic heterocycles. The molecule has 1 aromatic rings. The predicted molar refractivity (Wildman–Crippen MR) is 147 cm³/mol. The van der Waals surface area contributed by atoms with Crippen molar-refractivity contribution in [2.24, 2.45) is 17.8 Å². The second kappa shape index (κ2) is 17.0. The van der Waals surface area contributed by atoms with Crippen LogP contribution in [0.15, 0.2) is 24.5 Å². The molecule has 0 saturated carbocycles. The zero-order chi connectivity index (χ0) is 28.0. The number of amides is 3. The number of nitrogens with one attached hydrogen (secondary N) is 3. The Morgan fingerprint density at radius 1 is 0.865 bits per heavy atom. The second-order valence-electron chi connectivity index (χ2n) is 10.3. The fourth-order valence-electron chi connectivity index (χ4n) is 3.56. The number of pyridine rings is 1. The highest BCUT2D eigenvalue weighted by Crippen LogP contribution is 2.11. The van der Waals surface area contributed by atoms with Gasteiger partial charge in [0.1, 0.15) is 12.1 Å². The van der Waals surface area contributed by atoms with Gasteiger partial charge in [-0.25, -0.2) is 4.79 Å². The lowest BCUT2D eigenvalue weighted by Crippen LogP contribution is -2.56. The number of carbonyl (C=O) groups excluding carboxylic acids is 4. The van der Waals surface area contributed by atoms with Crippen molar-refractivity contribution in [3.05, 3.63) is 30.1 Å². The monoisotopic (exact) mass is 536 g/mol. The maximum Gasteiger partial charge on any atom is 0.407 e. The standard InChI is InChI=1S/C27H44N4O5S/c1-17(2)14-23(30-25(33)21(10-13-37-7)31-27(35)36-16-18(3)4)26(34)29-22(24(32)19(5)6)15-20-8-11-28-12-9-20/h8-9,11-12,17-19,21-23H,10,13-16H2,1-7H3,(H,29,34)(H,30,33)(H,31,35). The molecular formula is C27H44N4O5S. The lowest BCUT2D eigenvalue weighted by molar-refractivity contribution is -0.133. The van der Waals surface area contributed by atoms with Crippen molar-refractivity contribution >= 4 is 35.5 Å². The minimum absolute atomic E-state index is 0.0906. The van der Waals surface area contributed by atoms with E-state index in [9.17, 15) is 19.2 Å². The van der Waals surface area contributed by atoms with E-state index >= 15 is 0 Å². The topological polar surface area (TPSA) is 126 Å². The average Bonchev–Trinajstić information content (AvgIpc) is 2.84. The molecule has 3 unspecified atom stereocenters. The Labute approximate surface area is 225 Å². The Morgan fingerprint density at radius 3 is 2.00 bits per heavy atom. The van der Waals surface area contributed by atoms with E-state index < -0.39 is 36.0 Å². The minimum atomic E-state index is -0.863. The third-order valence-electron chi connectivity index (χ3n) is 5.53. The van der Waals surface area contributed by atoms with Crippen molar-refractivity contribution in [3.8, 4) is 0 Å². The van der Waals surface area contributed by atoms with Gasteiger partial charge in [0.15, 0.2) is 5.78 Å². The summed E-state index contributed by atoms with van der Waals surface area (Å²) in [5.41, 5.74) is 0.875. The molecule has 10 heteroatoms. The third kappa shape index (κ3) is 13.0. The van der Waals surface area contributed by atoms with E-state index in [2.05, 4.69) is 20.9 Å². The highest BCUT2D eigenvalue weighted by atomic mass is 32.2. The fraction of sp³-hybridized carbons (Fsp3) is 0.667. The van der Waals surface area contributed by atoms with Gasteiger partial charge in [-0.15, -0.1) is 0 Å². The largest absolute Gasteiger partial charge is 0.449 e. The van der Waals surface area contributed by atoms with Crippen LogP contribution in [0.25, 0.3) is 0 Å². The van der Waals surface area contributed by atoms with Crippen molar-refractivity contribution in [1.29, 1.82) is 0 Å². The Balaban J connectivity index is 3.02. The average molecular weight is 537 g/mol. The molecule has 37 heavy (non-hydrogen) atoms. The van der Waals surface area contributed by atoms with Gasteiger partial charge in [-0.3, -0.25) is 19.4 Å². The molecule has 0 aromatic carbocycles. The van der Waals surface area contributed by atoms with Gasteiger partial charge in [0.25, 0.3) is 0 Å². The Bertz CT molecular complexity index is 864. The summed E-state index contributed by atoms with van der Waals surface area (Å²) in [6.07, 6.45) is 5.62. The lowest BCUT2D eigenvalue weighted by atomic mass is 9.95. The summed E-state index contributed by atoms with van der Waals surface area (Å²) in [7, 11) is 0. The molecule has 0 fully saturated rings. The molecule has 0 saturated heterocycles. The summed E-state index contributed by atoms with van der Waals surface area (Å²) < 4.78 is 5.18. The zero-order valence-electron chi connectivity index (χ0n) is 23.2. The lowest BCUT2D eigenvalue weighted by Gasteiger charge is -2.26. The first kappa shape index (κ1) is 32.4. The second-order valence-corrected chi connectivity index (χ2v) is 11.3. The van der Waals surface area contributed by atoms with Gasteiger partial charge in [0, 0.05) is 18.3 Å². The molecule has 9 nitrogen and oxygen atoms in total. The van der Waals surface area contributed by atoms with Crippen LogP contribution in [0.3, 0.4) is 0 Å². The number of ketones is 1. The quantitative estimate of drug-likeness (QED) is 0.296. The van der Waals surface area contributed by atoms with E-state index in [1.54, 1.807) is 50.1 Å². The van der Waals surface area contributed by atoms with Crippen LogP contribution in [-0.2, 0) is 25.5 Å². The number of aromatic nitrogens is 1. The van der Waals surface area contributed by atoms with Gasteiger partial charge in [0.2, 0.25) is 11.8 Å². The zero-order valence-corrected chi connectivity index (χ0v) is 24.0. The third-order valence-corrected chi connectivity index (χ3v) is 6.17. The van der Waals surface area contributed by atoms with Crippen molar-refractivity contribution < 1.29 is 23.9 Å². The molecule has 208 valence electrons. The van der Waals surface area contributed by atoms with Crippen molar-refractivity contribution in [2.75, 3.05) is 18.6 Å². The molecule has 0 bridgehead atoms. The van der Waals surface area contributed by atoms with E-state index in [1.807, 2.05) is 34.0 Å². The molecule has 1 heterocycles. The van der Waals surface area contributed by atoms with Crippen LogP contribution in [0, 0.1) is 17.8 Å². The van der Waals surface area contributed by atoms with Crippen LogP contribution < -0.4 is 16.0 Å². The Hall–Kier alpha value is -2.62. The predicted octanol–water partition coefficient (Wildman–Crippen LogP) is 3.37. The number of alkyl carbamates (subject to hydrolysis) is 1. The normalized spacial score (nSPS) is 13.7. The summed E-state index contributed by atoms with van der Waals surface area (Å²) in [6, 6.07) is 1.16. The highest BCUT2D eigenvalue weighted by Gasteiger charge is 2.31. The number of rotatable bonds is 16. The van der Waals surface area contributed by atoms with Crippen LogP contribution in [0.2, 0.25) is 0 Å². The first-order chi connectivity index (χ1) is 17.4. The first-order valence-corrected chi connectivity index (χ1v) is 14.3. The van der Waals surface area contributed by atoms with Crippen LogP contribution in [0.4, 0.5) is 4.79 Å². The number of ether oxygens (including phenoxy) is 1. The number of Topliss-reactive ketones (excluding diaryl/α,β-unsaturated/α-hetero) is 1. The molecule has 0 radical (unpaired) electrons. The summed E-state index contributed by atoms with van der Waals surface area (Å²) in [6.45, 7) is 11.6. The molecule has 0 aliphatic rings. The maximum atomic E-state index is 13.4. The van der Waals surface area contributed by atoms with Gasteiger partial charge < -0.3 is 20.7 Å². The molecule has 0 aliphatic heterocycles. The van der Waals surface area contributed by atoms with Gasteiger partial charge in [-0.1, -0.05) is 41.5 Å². The van der Waals surface area contributed by atoms with Gasteiger partial charge >= 0.3 is 6.09 Å². The summed E-state index contributed by atoms with van der Waals surface area (Å²) in [4.78, 5) is 55.7. The first-order valence-electron chi connectivity index (χ1n) is 12.9. The molecule has 3 atom stereocenters. The molecule has 1 rings (SSSR count). The van der Waals surface area contributed by atoms with E-state index in [1.165, 1.54) is 0 Å². The molecule has 3 amide bonds. The van der Waals surface area contributed by atoms with E-state index in [0.29, 0.717) is 25.0 Å². The molecular weight excluding hydrogens is 492 g/mol. The Kier molecular flexibility index (Phi) is 14.9. The van der Waals surface area contributed by atoms with Crippen LogP contribution >= 0.6 is 11.8 Å². The van der Waals surface area contributed by atoms with Crippen molar-refractivity contribution in [1.82, 2.24) is 20.9 Å². The van der Waals surface area contributed by atoms with E-state index in [-0.39, 0.29) is 30.1 Å². The number of thioether (sulfide) groups is 1. The summed E-state index contributed by atoms with van der Waals surface area (Å²) >= 11 is 1.55. The molecule has 3 N–H and O–H groups in total. The highest BCUT2D eigenvalue weighted by molar-refractivity contribution is 7.98. The van der Waals surface area contributed by atoms with Crippen LogP contribution in [0.5, 0.6) is 0 Å². The SMILES string of the molecule is CSCCC(NC(=O)OCC(C)C)C(=O)NC(CC(C)C)C(=O)NC(Cc1ccncc1)C(=O)C(C)C. The van der Waals surface area contributed by atoms with Gasteiger partial charge in [-0.2, -0.15) is 11.8 Å². The van der Waals surface area contributed by atoms with Gasteiger partial charge in [0.05, 0.1) is 12.6 Å². The number of nitrogens with zero attached hydrogens (tertiary/aromatic N) is 1. The number of carbonyl (C=O) groups is 4. The van der Waals surface area contributed by atoms with Crippen molar-refractivity contribution in [3.63, 3.8) is 0 Å². The smallest absolute Gasteiger partial charge is 0.407 e. The van der Waals surface area contributed by atoms with Crippen LogP contribution in [0.1, 0.15) is 59.9 Å². The number of hydrogen-bond donors (Lipinski definition) is 3. The number of hydrogen-bond acceptors (Lipinski definition) is 7. The Morgan fingerprint density at radius 2 is 1.46 bits per heavy atom. The maximum absolute atomic E-state index is 13.4. The fourth-order valence-corrected chi connectivity index (χ4v) is 4.03. The summed E-state index contributed by atoms with van der Waals surface area (Å²) in [5.74, 6) is -0.352. The molecule has 0 aliphatic carbocycles. The van der Waals surface area contributed by atoms with E-state index in [0.717, 1.165) is 5.56 Å². The van der Waals surface area contributed by atoms with Crippen LogP contribution in [-0.4, -0.2) is 65.4 Å². The summed E-state index contributed by atoms with van der Waals surface area (Å²) in [5, 5.41) is 8.32. The molecule has 0 spiro atoms.